The summed E-state index contributed by atoms with van der Waals surface area (Å²) >= 11 is 5.40. The van der Waals surface area contributed by atoms with E-state index in [9.17, 15) is 0 Å². The van der Waals surface area contributed by atoms with E-state index >= 15 is 0 Å². The van der Waals surface area contributed by atoms with Gasteiger partial charge in [-0.3, -0.25) is 4.90 Å². The zero-order valence-electron chi connectivity index (χ0n) is 11.1. The molecule has 0 radical (unpaired) electrons. The lowest BCUT2D eigenvalue weighted by Crippen LogP contribution is -2.41. The summed E-state index contributed by atoms with van der Waals surface area (Å²) in [7, 11) is 0. The van der Waals surface area contributed by atoms with E-state index in [0.29, 0.717) is 6.04 Å². The fourth-order valence-electron chi connectivity index (χ4n) is 2.74. The van der Waals surface area contributed by atoms with Gasteiger partial charge in [-0.1, -0.05) is 19.8 Å². The van der Waals surface area contributed by atoms with Crippen LogP contribution in [0.2, 0.25) is 0 Å². The predicted molar refractivity (Wildman–Crippen MR) is 83.1 cm³/mol. The molecule has 2 heterocycles. The monoisotopic (exact) mass is 330 g/mol. The van der Waals surface area contributed by atoms with Crippen molar-refractivity contribution < 1.29 is 0 Å². The summed E-state index contributed by atoms with van der Waals surface area (Å²) in [5.41, 5.74) is 6.39. The van der Waals surface area contributed by atoms with Gasteiger partial charge in [0.15, 0.2) is 0 Å². The Hall–Kier alpha value is 0.1000. The summed E-state index contributed by atoms with van der Waals surface area (Å²) in [6, 6.07) is 2.90. The molecule has 1 saturated heterocycles. The molecule has 2 nitrogen and oxygen atoms in total. The van der Waals surface area contributed by atoms with Gasteiger partial charge in [-0.2, -0.15) is 0 Å². The van der Waals surface area contributed by atoms with Crippen molar-refractivity contribution in [3.05, 3.63) is 20.8 Å². The molecule has 102 valence electrons. The van der Waals surface area contributed by atoms with E-state index < -0.39 is 0 Å². The van der Waals surface area contributed by atoms with Gasteiger partial charge in [-0.15, -0.1) is 11.3 Å². The van der Waals surface area contributed by atoms with Gasteiger partial charge in [-0.05, 0) is 54.3 Å². The van der Waals surface area contributed by atoms with Crippen molar-refractivity contribution in [2.24, 2.45) is 5.73 Å². The molecule has 2 N–H and O–H groups in total. The maximum atomic E-state index is 6.39. The number of halogens is 1. The van der Waals surface area contributed by atoms with Crippen LogP contribution in [-0.4, -0.2) is 24.0 Å². The number of nitrogens with two attached hydrogens (primary N) is 1. The Morgan fingerprint density at radius 3 is 2.50 bits per heavy atom. The van der Waals surface area contributed by atoms with Crippen LogP contribution in [0.1, 0.15) is 49.9 Å². The average Bonchev–Trinajstić information content (AvgIpc) is 2.64. The Kier molecular flexibility index (Phi) is 5.67. The SMILES string of the molecule is CCC(N)C(c1cc(Br)cs1)N1CCCCCC1. The third kappa shape index (κ3) is 3.56. The summed E-state index contributed by atoms with van der Waals surface area (Å²) in [5.74, 6) is 0. The highest BCUT2D eigenvalue weighted by molar-refractivity contribution is 9.10. The van der Waals surface area contributed by atoms with Crippen molar-refractivity contribution in [1.29, 1.82) is 0 Å². The third-order valence-electron chi connectivity index (χ3n) is 3.79. The van der Waals surface area contributed by atoms with Crippen LogP contribution in [-0.2, 0) is 0 Å². The third-order valence-corrected chi connectivity index (χ3v) is 5.55. The Morgan fingerprint density at radius 2 is 2.00 bits per heavy atom. The van der Waals surface area contributed by atoms with Crippen LogP contribution in [0.15, 0.2) is 15.9 Å². The van der Waals surface area contributed by atoms with Crippen molar-refractivity contribution in [1.82, 2.24) is 4.90 Å². The van der Waals surface area contributed by atoms with Gasteiger partial charge in [0.1, 0.15) is 0 Å². The normalized spacial score (nSPS) is 21.5. The minimum Gasteiger partial charge on any atom is -0.326 e. The lowest BCUT2D eigenvalue weighted by molar-refractivity contribution is 0.178. The molecule has 18 heavy (non-hydrogen) atoms. The Bertz CT molecular complexity index is 358. The quantitative estimate of drug-likeness (QED) is 0.897. The highest BCUT2D eigenvalue weighted by Gasteiger charge is 2.27. The van der Waals surface area contributed by atoms with Crippen molar-refractivity contribution in [2.75, 3.05) is 13.1 Å². The van der Waals surface area contributed by atoms with Crippen LogP contribution in [0.5, 0.6) is 0 Å². The lowest BCUT2D eigenvalue weighted by Gasteiger charge is -2.33. The first-order chi connectivity index (χ1) is 8.72. The number of rotatable bonds is 4. The topological polar surface area (TPSA) is 29.3 Å². The van der Waals surface area contributed by atoms with Gasteiger partial charge in [-0.25, -0.2) is 0 Å². The second-order valence-electron chi connectivity index (χ2n) is 5.13. The molecule has 2 unspecified atom stereocenters. The number of thiophene rings is 1. The second kappa shape index (κ2) is 7.04. The van der Waals surface area contributed by atoms with Crippen molar-refractivity contribution in [3.63, 3.8) is 0 Å². The lowest BCUT2D eigenvalue weighted by atomic mass is 10.0. The molecule has 0 amide bonds. The van der Waals surface area contributed by atoms with Crippen LogP contribution < -0.4 is 5.73 Å². The molecule has 0 spiro atoms. The molecule has 1 fully saturated rings. The minimum absolute atomic E-state index is 0.244. The van der Waals surface area contributed by atoms with Crippen molar-refractivity contribution in [3.8, 4) is 0 Å². The molecule has 0 aliphatic carbocycles. The van der Waals surface area contributed by atoms with Crippen molar-refractivity contribution >= 4 is 27.3 Å². The summed E-state index contributed by atoms with van der Waals surface area (Å²) in [5, 5.41) is 2.17. The maximum Gasteiger partial charge on any atom is 0.0593 e. The van der Waals surface area contributed by atoms with Crippen LogP contribution in [0.25, 0.3) is 0 Å². The first-order valence-electron chi connectivity index (χ1n) is 6.96. The standard InChI is InChI=1S/C14H23BrN2S/c1-2-12(16)14(13-9-11(15)10-18-13)17-7-5-3-4-6-8-17/h9-10,12,14H,2-8,16H2,1H3. The molecule has 0 aromatic carbocycles. The number of hydrogen-bond donors (Lipinski definition) is 1. The molecular weight excluding hydrogens is 308 g/mol. The fraction of sp³-hybridized carbons (Fsp3) is 0.714. The van der Waals surface area contributed by atoms with E-state index in [1.165, 1.54) is 48.1 Å². The molecule has 1 aromatic heterocycles. The highest BCUT2D eigenvalue weighted by atomic mass is 79.9. The van der Waals surface area contributed by atoms with Gasteiger partial charge in [0.05, 0.1) is 6.04 Å². The fourth-order valence-corrected chi connectivity index (χ4v) is 4.40. The molecule has 4 heteroatoms. The maximum absolute atomic E-state index is 6.39. The number of likely N-dealkylation sites (tertiary alicyclic amines) is 1. The van der Waals surface area contributed by atoms with E-state index in [1.807, 2.05) is 11.3 Å². The molecule has 2 rings (SSSR count). The molecule has 0 saturated carbocycles. The summed E-state index contributed by atoms with van der Waals surface area (Å²) in [6.45, 7) is 4.60. The Morgan fingerprint density at radius 1 is 1.33 bits per heavy atom. The Balaban J connectivity index is 2.18. The second-order valence-corrected chi connectivity index (χ2v) is 6.99. The zero-order valence-corrected chi connectivity index (χ0v) is 13.5. The van der Waals surface area contributed by atoms with Crippen LogP contribution in [0, 0.1) is 0 Å². The average molecular weight is 331 g/mol. The van der Waals surface area contributed by atoms with Gasteiger partial charge in [0.25, 0.3) is 0 Å². The van der Waals surface area contributed by atoms with Crippen LogP contribution in [0.3, 0.4) is 0 Å². The predicted octanol–water partition coefficient (Wildman–Crippen LogP) is 4.17. The minimum atomic E-state index is 0.244. The van der Waals surface area contributed by atoms with Gasteiger partial charge in [0.2, 0.25) is 0 Å². The number of hydrogen-bond acceptors (Lipinski definition) is 3. The van der Waals surface area contributed by atoms with Gasteiger partial charge in [0, 0.05) is 20.8 Å². The van der Waals surface area contributed by atoms with Crippen LogP contribution in [0.4, 0.5) is 0 Å². The molecule has 2 atom stereocenters. The molecule has 0 bridgehead atoms. The van der Waals surface area contributed by atoms with E-state index in [0.717, 1.165) is 6.42 Å². The molecular formula is C14H23BrN2S. The zero-order chi connectivity index (χ0) is 13.0. The van der Waals surface area contributed by atoms with Crippen LogP contribution >= 0.6 is 27.3 Å². The van der Waals surface area contributed by atoms with Crippen molar-refractivity contribution in [2.45, 2.75) is 51.1 Å². The number of nitrogens with zero attached hydrogens (tertiary/aromatic N) is 1. The van der Waals surface area contributed by atoms with E-state index in [-0.39, 0.29) is 6.04 Å². The molecule has 1 aliphatic heterocycles. The Labute approximate surface area is 123 Å². The first-order valence-corrected chi connectivity index (χ1v) is 8.63. The van der Waals surface area contributed by atoms with E-state index in [2.05, 4.69) is 39.2 Å². The first kappa shape index (κ1) is 14.5. The summed E-state index contributed by atoms with van der Waals surface area (Å²) < 4.78 is 1.19. The van der Waals surface area contributed by atoms with E-state index in [4.69, 9.17) is 5.73 Å². The largest absolute Gasteiger partial charge is 0.326 e. The van der Waals surface area contributed by atoms with E-state index in [1.54, 1.807) is 0 Å². The smallest absolute Gasteiger partial charge is 0.0593 e. The van der Waals surface area contributed by atoms with Gasteiger partial charge >= 0.3 is 0 Å². The van der Waals surface area contributed by atoms with Gasteiger partial charge < -0.3 is 5.73 Å². The molecule has 1 aromatic rings. The molecule has 1 aliphatic rings. The summed E-state index contributed by atoms with van der Waals surface area (Å²) in [6.07, 6.45) is 6.42. The highest BCUT2D eigenvalue weighted by Crippen LogP contribution is 2.33. The summed E-state index contributed by atoms with van der Waals surface area (Å²) in [4.78, 5) is 4.03.